The van der Waals surface area contributed by atoms with E-state index >= 15 is 0 Å². The first-order valence-electron chi connectivity index (χ1n) is 9.17. The predicted octanol–water partition coefficient (Wildman–Crippen LogP) is 3.23. The van der Waals surface area contributed by atoms with E-state index in [0.717, 1.165) is 44.8 Å². The number of nitrogens with one attached hydrogen (secondary N) is 2. The Labute approximate surface area is 140 Å². The van der Waals surface area contributed by atoms with Gasteiger partial charge in [-0.25, -0.2) is 4.79 Å². The summed E-state index contributed by atoms with van der Waals surface area (Å²) >= 11 is 0. The molecule has 0 aromatic rings. The average molecular weight is 326 g/mol. The van der Waals surface area contributed by atoms with E-state index in [1.54, 1.807) is 0 Å². The van der Waals surface area contributed by atoms with Gasteiger partial charge in [0.2, 0.25) is 0 Å². The van der Waals surface area contributed by atoms with E-state index < -0.39 is 5.60 Å². The number of amides is 1. The number of hydrogen-bond acceptors (Lipinski definition) is 4. The fourth-order valence-corrected chi connectivity index (χ4v) is 3.60. The minimum absolute atomic E-state index is 0.251. The summed E-state index contributed by atoms with van der Waals surface area (Å²) in [5, 5.41) is 6.81. The van der Waals surface area contributed by atoms with Crippen molar-refractivity contribution in [3.8, 4) is 0 Å². The standard InChI is InChI=1S/C18H34N2O3/c1-13(14-9-11-22-12-10-14)19-15-5-7-16(8-6-15)20-17(21)23-18(2,3)4/h13-16,19H,5-12H2,1-4H3,(H,20,21). The van der Waals surface area contributed by atoms with Gasteiger partial charge in [-0.15, -0.1) is 0 Å². The fraction of sp³-hybridized carbons (Fsp3) is 0.944. The summed E-state index contributed by atoms with van der Waals surface area (Å²) in [6.45, 7) is 9.80. The third-order valence-electron chi connectivity index (χ3n) is 4.92. The normalized spacial score (nSPS) is 28.2. The Morgan fingerprint density at radius 2 is 1.61 bits per heavy atom. The fourth-order valence-electron chi connectivity index (χ4n) is 3.60. The Kier molecular flexibility index (Phi) is 6.72. The lowest BCUT2D eigenvalue weighted by Gasteiger charge is -2.35. The molecule has 0 spiro atoms. The molecule has 1 aliphatic heterocycles. The second kappa shape index (κ2) is 8.34. The van der Waals surface area contributed by atoms with Gasteiger partial charge in [0.25, 0.3) is 0 Å². The van der Waals surface area contributed by atoms with Crippen LogP contribution in [0, 0.1) is 5.92 Å². The molecule has 23 heavy (non-hydrogen) atoms. The highest BCUT2D eigenvalue weighted by Crippen LogP contribution is 2.23. The van der Waals surface area contributed by atoms with Gasteiger partial charge in [-0.1, -0.05) is 0 Å². The van der Waals surface area contributed by atoms with E-state index in [0.29, 0.717) is 12.1 Å². The first-order chi connectivity index (χ1) is 10.8. The summed E-state index contributed by atoms with van der Waals surface area (Å²) in [5.74, 6) is 0.737. The molecule has 1 heterocycles. The molecule has 1 unspecified atom stereocenters. The van der Waals surface area contributed by atoms with Crippen molar-refractivity contribution in [2.45, 2.75) is 89.9 Å². The van der Waals surface area contributed by atoms with E-state index in [1.165, 1.54) is 12.8 Å². The van der Waals surface area contributed by atoms with E-state index in [9.17, 15) is 4.79 Å². The van der Waals surface area contributed by atoms with E-state index in [-0.39, 0.29) is 12.1 Å². The first kappa shape index (κ1) is 18.5. The molecule has 1 atom stereocenters. The molecule has 1 saturated carbocycles. The largest absolute Gasteiger partial charge is 0.444 e. The zero-order chi connectivity index (χ0) is 16.9. The quantitative estimate of drug-likeness (QED) is 0.833. The van der Waals surface area contributed by atoms with Crippen molar-refractivity contribution in [1.29, 1.82) is 0 Å². The van der Waals surface area contributed by atoms with Crippen LogP contribution in [0.25, 0.3) is 0 Å². The van der Waals surface area contributed by atoms with Gasteiger partial charge in [-0.05, 0) is 72.1 Å². The Bertz CT molecular complexity index is 367. The van der Waals surface area contributed by atoms with Crippen molar-refractivity contribution >= 4 is 6.09 Å². The van der Waals surface area contributed by atoms with Crippen LogP contribution in [0.3, 0.4) is 0 Å². The van der Waals surface area contributed by atoms with Crippen LogP contribution in [0.2, 0.25) is 0 Å². The van der Waals surface area contributed by atoms with Crippen LogP contribution >= 0.6 is 0 Å². The third kappa shape index (κ3) is 6.68. The summed E-state index contributed by atoms with van der Waals surface area (Å²) in [6, 6.07) is 1.38. The molecule has 1 amide bonds. The molecule has 0 aromatic heterocycles. The lowest BCUT2D eigenvalue weighted by molar-refractivity contribution is 0.0478. The Morgan fingerprint density at radius 1 is 1.04 bits per heavy atom. The van der Waals surface area contributed by atoms with Crippen molar-refractivity contribution in [2.75, 3.05) is 13.2 Å². The Balaban J connectivity index is 1.66. The van der Waals surface area contributed by atoms with Crippen molar-refractivity contribution in [2.24, 2.45) is 5.92 Å². The number of carbonyl (C=O) groups is 1. The SMILES string of the molecule is CC(NC1CCC(NC(=O)OC(C)(C)C)CC1)C1CCOCC1. The molecule has 2 rings (SSSR count). The van der Waals surface area contributed by atoms with Crippen molar-refractivity contribution < 1.29 is 14.3 Å². The molecule has 0 bridgehead atoms. The summed E-state index contributed by atoms with van der Waals surface area (Å²) in [4.78, 5) is 11.8. The van der Waals surface area contributed by atoms with Crippen LogP contribution < -0.4 is 10.6 Å². The lowest BCUT2D eigenvalue weighted by Crippen LogP contribution is -2.47. The highest BCUT2D eigenvalue weighted by molar-refractivity contribution is 5.68. The van der Waals surface area contributed by atoms with Crippen molar-refractivity contribution in [1.82, 2.24) is 10.6 Å². The molecule has 1 saturated heterocycles. The highest BCUT2D eigenvalue weighted by atomic mass is 16.6. The van der Waals surface area contributed by atoms with Crippen LogP contribution in [-0.2, 0) is 9.47 Å². The molecule has 2 fully saturated rings. The molecule has 134 valence electrons. The second-order valence-corrected chi connectivity index (χ2v) is 8.10. The van der Waals surface area contributed by atoms with E-state index in [1.807, 2.05) is 20.8 Å². The van der Waals surface area contributed by atoms with E-state index in [4.69, 9.17) is 9.47 Å². The smallest absolute Gasteiger partial charge is 0.407 e. The van der Waals surface area contributed by atoms with Gasteiger partial charge in [-0.3, -0.25) is 0 Å². The molecule has 0 radical (unpaired) electrons. The predicted molar refractivity (Wildman–Crippen MR) is 91.6 cm³/mol. The maximum Gasteiger partial charge on any atom is 0.407 e. The zero-order valence-electron chi connectivity index (χ0n) is 15.2. The topological polar surface area (TPSA) is 59.6 Å². The van der Waals surface area contributed by atoms with E-state index in [2.05, 4.69) is 17.6 Å². The first-order valence-corrected chi connectivity index (χ1v) is 9.17. The Morgan fingerprint density at radius 3 is 2.17 bits per heavy atom. The maximum absolute atomic E-state index is 11.8. The van der Waals surface area contributed by atoms with Gasteiger partial charge in [0.15, 0.2) is 0 Å². The van der Waals surface area contributed by atoms with Gasteiger partial charge in [-0.2, -0.15) is 0 Å². The van der Waals surface area contributed by atoms with Crippen LogP contribution in [0.5, 0.6) is 0 Å². The molecule has 2 aliphatic rings. The molecule has 1 aliphatic carbocycles. The molecule has 0 aromatic carbocycles. The minimum Gasteiger partial charge on any atom is -0.444 e. The van der Waals surface area contributed by atoms with Crippen LogP contribution in [0.15, 0.2) is 0 Å². The van der Waals surface area contributed by atoms with Crippen LogP contribution in [0.1, 0.15) is 66.2 Å². The number of alkyl carbamates (subject to hydrolysis) is 1. The summed E-state index contributed by atoms with van der Waals surface area (Å²) in [5.41, 5.74) is -0.429. The lowest BCUT2D eigenvalue weighted by atomic mass is 9.88. The minimum atomic E-state index is -0.429. The molecule has 2 N–H and O–H groups in total. The average Bonchev–Trinajstić information content (AvgIpc) is 2.48. The molecular formula is C18H34N2O3. The zero-order valence-corrected chi connectivity index (χ0v) is 15.2. The Hall–Kier alpha value is -0.810. The third-order valence-corrected chi connectivity index (χ3v) is 4.92. The molecule has 5 nitrogen and oxygen atoms in total. The monoisotopic (exact) mass is 326 g/mol. The number of rotatable bonds is 4. The van der Waals surface area contributed by atoms with Crippen molar-refractivity contribution in [3.63, 3.8) is 0 Å². The van der Waals surface area contributed by atoms with Crippen LogP contribution in [0.4, 0.5) is 4.79 Å². The van der Waals surface area contributed by atoms with Gasteiger partial charge < -0.3 is 20.1 Å². The second-order valence-electron chi connectivity index (χ2n) is 8.10. The number of ether oxygens (including phenoxy) is 2. The van der Waals surface area contributed by atoms with Gasteiger partial charge in [0.05, 0.1) is 0 Å². The van der Waals surface area contributed by atoms with Crippen molar-refractivity contribution in [3.05, 3.63) is 0 Å². The van der Waals surface area contributed by atoms with Crippen LogP contribution in [-0.4, -0.2) is 43.0 Å². The van der Waals surface area contributed by atoms with Gasteiger partial charge in [0, 0.05) is 31.3 Å². The summed E-state index contributed by atoms with van der Waals surface area (Å²) < 4.78 is 10.8. The maximum atomic E-state index is 11.8. The van der Waals surface area contributed by atoms with Gasteiger partial charge in [0.1, 0.15) is 5.60 Å². The molecular weight excluding hydrogens is 292 g/mol. The number of hydrogen-bond donors (Lipinski definition) is 2. The highest BCUT2D eigenvalue weighted by Gasteiger charge is 2.27. The van der Waals surface area contributed by atoms with Gasteiger partial charge >= 0.3 is 6.09 Å². The summed E-state index contributed by atoms with van der Waals surface area (Å²) in [7, 11) is 0. The molecule has 5 heteroatoms. The number of carbonyl (C=O) groups excluding carboxylic acids is 1. The summed E-state index contributed by atoms with van der Waals surface area (Å²) in [6.07, 6.45) is 6.34.